The topological polar surface area (TPSA) is 30.5 Å². The lowest BCUT2D eigenvalue weighted by molar-refractivity contribution is 0.185. The van der Waals surface area contributed by atoms with Gasteiger partial charge in [-0.25, -0.2) is 0 Å². The molecule has 0 aliphatic carbocycles. The Bertz CT molecular complexity index is 581. The van der Waals surface area contributed by atoms with Crippen LogP contribution in [-0.2, 0) is 24.4 Å². The zero-order valence-electron chi connectivity index (χ0n) is 13.6. The highest BCUT2D eigenvalue weighted by Gasteiger charge is 2.00. The van der Waals surface area contributed by atoms with E-state index in [9.17, 15) is 0 Å². The Morgan fingerprint density at radius 1 is 0.909 bits per heavy atom. The smallest absolute Gasteiger partial charge is 0.120 e. The molecule has 0 aromatic heterocycles. The van der Waals surface area contributed by atoms with E-state index in [4.69, 9.17) is 9.47 Å². The molecular formula is C19H25NO2. The van der Waals surface area contributed by atoms with E-state index >= 15 is 0 Å². The summed E-state index contributed by atoms with van der Waals surface area (Å²) < 4.78 is 10.9. The minimum absolute atomic E-state index is 0.201. The molecule has 3 nitrogen and oxygen atoms in total. The molecule has 2 aromatic rings. The SMILES string of the molecule is COCc1cccc(CNCc2cccc(OC(C)C)c2)c1. The van der Waals surface area contributed by atoms with Gasteiger partial charge in [0.15, 0.2) is 0 Å². The van der Waals surface area contributed by atoms with E-state index in [1.54, 1.807) is 7.11 Å². The molecule has 0 spiro atoms. The average molecular weight is 299 g/mol. The molecular weight excluding hydrogens is 274 g/mol. The van der Waals surface area contributed by atoms with Gasteiger partial charge < -0.3 is 14.8 Å². The van der Waals surface area contributed by atoms with Gasteiger partial charge in [0, 0.05) is 20.2 Å². The predicted molar refractivity (Wildman–Crippen MR) is 89.9 cm³/mol. The van der Waals surface area contributed by atoms with Crippen molar-refractivity contribution in [1.82, 2.24) is 5.32 Å². The lowest BCUT2D eigenvalue weighted by Gasteiger charge is -2.11. The van der Waals surface area contributed by atoms with Crippen LogP contribution in [0.5, 0.6) is 5.75 Å². The van der Waals surface area contributed by atoms with Crippen LogP contribution in [0.1, 0.15) is 30.5 Å². The van der Waals surface area contributed by atoms with Crippen LogP contribution in [0.25, 0.3) is 0 Å². The van der Waals surface area contributed by atoms with Gasteiger partial charge in [-0.05, 0) is 42.7 Å². The minimum Gasteiger partial charge on any atom is -0.491 e. The minimum atomic E-state index is 0.201. The maximum atomic E-state index is 5.72. The van der Waals surface area contributed by atoms with Crippen LogP contribution in [0.3, 0.4) is 0 Å². The summed E-state index contributed by atoms with van der Waals surface area (Å²) in [5.41, 5.74) is 3.70. The lowest BCUT2D eigenvalue weighted by Crippen LogP contribution is -2.13. The second-order valence-corrected chi connectivity index (χ2v) is 5.67. The second-order valence-electron chi connectivity index (χ2n) is 5.67. The second kappa shape index (κ2) is 8.57. The molecule has 0 saturated heterocycles. The van der Waals surface area contributed by atoms with Crippen molar-refractivity contribution in [3.05, 3.63) is 65.2 Å². The van der Waals surface area contributed by atoms with E-state index in [1.165, 1.54) is 16.7 Å². The molecule has 0 bridgehead atoms. The maximum absolute atomic E-state index is 5.72. The number of rotatable bonds is 8. The van der Waals surface area contributed by atoms with Crippen molar-refractivity contribution < 1.29 is 9.47 Å². The molecule has 22 heavy (non-hydrogen) atoms. The van der Waals surface area contributed by atoms with Gasteiger partial charge in [0.05, 0.1) is 12.7 Å². The van der Waals surface area contributed by atoms with Crippen molar-refractivity contribution in [3.8, 4) is 5.75 Å². The monoisotopic (exact) mass is 299 g/mol. The molecule has 0 heterocycles. The quantitative estimate of drug-likeness (QED) is 0.801. The Balaban J connectivity index is 1.87. The summed E-state index contributed by atoms with van der Waals surface area (Å²) in [5.74, 6) is 0.927. The van der Waals surface area contributed by atoms with Crippen LogP contribution in [-0.4, -0.2) is 13.2 Å². The molecule has 3 heteroatoms. The molecule has 0 fully saturated rings. The van der Waals surface area contributed by atoms with Crippen molar-refractivity contribution >= 4 is 0 Å². The molecule has 0 aliphatic rings. The summed E-state index contributed by atoms with van der Waals surface area (Å²) in [7, 11) is 1.72. The van der Waals surface area contributed by atoms with E-state index < -0.39 is 0 Å². The number of hydrogen-bond acceptors (Lipinski definition) is 3. The molecule has 2 aromatic carbocycles. The van der Waals surface area contributed by atoms with Gasteiger partial charge in [-0.3, -0.25) is 0 Å². The number of nitrogens with one attached hydrogen (secondary N) is 1. The van der Waals surface area contributed by atoms with Gasteiger partial charge in [0.2, 0.25) is 0 Å². The summed E-state index contributed by atoms with van der Waals surface area (Å²) in [6, 6.07) is 16.7. The molecule has 2 rings (SSSR count). The number of methoxy groups -OCH3 is 1. The van der Waals surface area contributed by atoms with Crippen molar-refractivity contribution in [1.29, 1.82) is 0 Å². The highest BCUT2D eigenvalue weighted by atomic mass is 16.5. The van der Waals surface area contributed by atoms with Gasteiger partial charge in [-0.2, -0.15) is 0 Å². The van der Waals surface area contributed by atoms with Crippen LogP contribution in [0.4, 0.5) is 0 Å². The standard InChI is InChI=1S/C19H25NO2/c1-15(2)22-19-9-5-7-17(11-19)13-20-12-16-6-4-8-18(10-16)14-21-3/h4-11,15,20H,12-14H2,1-3H3. The molecule has 0 saturated carbocycles. The molecule has 0 aliphatic heterocycles. The fourth-order valence-corrected chi connectivity index (χ4v) is 2.35. The molecule has 0 atom stereocenters. The fraction of sp³-hybridized carbons (Fsp3) is 0.368. The molecule has 118 valence electrons. The summed E-state index contributed by atoms with van der Waals surface area (Å²) in [6.07, 6.45) is 0.201. The van der Waals surface area contributed by atoms with Crippen molar-refractivity contribution in [2.75, 3.05) is 7.11 Å². The van der Waals surface area contributed by atoms with Crippen LogP contribution in [0, 0.1) is 0 Å². The first-order valence-electron chi connectivity index (χ1n) is 7.70. The number of hydrogen-bond donors (Lipinski definition) is 1. The first-order valence-corrected chi connectivity index (χ1v) is 7.70. The van der Waals surface area contributed by atoms with Crippen molar-refractivity contribution in [2.45, 2.75) is 39.6 Å². The summed E-state index contributed by atoms with van der Waals surface area (Å²) in [6.45, 7) is 6.40. The molecule has 0 unspecified atom stereocenters. The molecule has 0 amide bonds. The third kappa shape index (κ3) is 5.51. The van der Waals surface area contributed by atoms with Crippen molar-refractivity contribution in [2.24, 2.45) is 0 Å². The zero-order chi connectivity index (χ0) is 15.8. The Labute approximate surface area is 133 Å². The fourth-order valence-electron chi connectivity index (χ4n) is 2.35. The third-order valence-corrected chi connectivity index (χ3v) is 3.23. The van der Waals surface area contributed by atoms with E-state index in [0.29, 0.717) is 6.61 Å². The van der Waals surface area contributed by atoms with Gasteiger partial charge in [-0.1, -0.05) is 36.4 Å². The summed E-state index contributed by atoms with van der Waals surface area (Å²) >= 11 is 0. The molecule has 1 N–H and O–H groups in total. The number of benzene rings is 2. The van der Waals surface area contributed by atoms with Gasteiger partial charge in [0.1, 0.15) is 5.75 Å². The van der Waals surface area contributed by atoms with Crippen LogP contribution >= 0.6 is 0 Å². The highest BCUT2D eigenvalue weighted by molar-refractivity contribution is 5.29. The first kappa shape index (κ1) is 16.5. The third-order valence-electron chi connectivity index (χ3n) is 3.23. The summed E-state index contributed by atoms with van der Waals surface area (Å²) in [4.78, 5) is 0. The van der Waals surface area contributed by atoms with E-state index in [1.807, 2.05) is 26.0 Å². The Hall–Kier alpha value is -1.84. The Morgan fingerprint density at radius 3 is 2.23 bits per heavy atom. The average Bonchev–Trinajstić information content (AvgIpc) is 2.48. The van der Waals surface area contributed by atoms with E-state index in [0.717, 1.165) is 18.8 Å². The Kier molecular flexibility index (Phi) is 6.44. The Morgan fingerprint density at radius 2 is 1.55 bits per heavy atom. The summed E-state index contributed by atoms with van der Waals surface area (Å²) in [5, 5.41) is 3.47. The lowest BCUT2D eigenvalue weighted by atomic mass is 10.1. The highest BCUT2D eigenvalue weighted by Crippen LogP contribution is 2.15. The van der Waals surface area contributed by atoms with Crippen LogP contribution < -0.4 is 10.1 Å². The van der Waals surface area contributed by atoms with E-state index in [-0.39, 0.29) is 6.10 Å². The first-order chi connectivity index (χ1) is 10.7. The predicted octanol–water partition coefficient (Wildman–Crippen LogP) is 3.91. The van der Waals surface area contributed by atoms with Gasteiger partial charge in [0.25, 0.3) is 0 Å². The van der Waals surface area contributed by atoms with Crippen molar-refractivity contribution in [3.63, 3.8) is 0 Å². The normalized spacial score (nSPS) is 10.9. The zero-order valence-corrected chi connectivity index (χ0v) is 13.6. The van der Waals surface area contributed by atoms with Crippen LogP contribution in [0.2, 0.25) is 0 Å². The largest absolute Gasteiger partial charge is 0.491 e. The maximum Gasteiger partial charge on any atom is 0.120 e. The molecule has 0 radical (unpaired) electrons. The van der Waals surface area contributed by atoms with Gasteiger partial charge in [-0.15, -0.1) is 0 Å². The number of ether oxygens (including phenoxy) is 2. The van der Waals surface area contributed by atoms with Gasteiger partial charge >= 0.3 is 0 Å². The van der Waals surface area contributed by atoms with Crippen LogP contribution in [0.15, 0.2) is 48.5 Å². The van der Waals surface area contributed by atoms with E-state index in [2.05, 4.69) is 41.7 Å².